The Morgan fingerprint density at radius 2 is 1.70 bits per heavy atom. The van der Waals surface area contributed by atoms with Crippen LogP contribution in [-0.4, -0.2) is 71.6 Å². The molecule has 1 aliphatic heterocycles. The monoisotopic (exact) mass is 455 g/mol. The molecule has 3 rings (SSSR count). The molecule has 1 amide bonds. The molecule has 8 heteroatoms. The Morgan fingerprint density at radius 1 is 0.970 bits per heavy atom. The lowest BCUT2D eigenvalue weighted by molar-refractivity contribution is -0.153. The summed E-state index contributed by atoms with van der Waals surface area (Å²) in [5.74, 6) is -1.12. The normalized spacial score (nSPS) is 14.2. The first-order valence-corrected chi connectivity index (χ1v) is 11.3. The minimum atomic E-state index is -0.515. The zero-order valence-electron chi connectivity index (χ0n) is 19.9. The van der Waals surface area contributed by atoms with Crippen LogP contribution in [0.5, 0.6) is 0 Å². The first-order chi connectivity index (χ1) is 15.8. The predicted octanol–water partition coefficient (Wildman–Crippen LogP) is 2.48. The SMILES string of the molecule is CCOC(=O)c1cc(C)n(CC(=O)OCC(=O)N2CCN(Cc3cccc(C)c3)CC2)c1C. The third-order valence-corrected chi connectivity index (χ3v) is 5.93. The predicted molar refractivity (Wildman–Crippen MR) is 124 cm³/mol. The molecule has 1 saturated heterocycles. The molecule has 33 heavy (non-hydrogen) atoms. The number of esters is 2. The minimum Gasteiger partial charge on any atom is -0.462 e. The molecule has 0 spiro atoms. The summed E-state index contributed by atoms with van der Waals surface area (Å²) in [5.41, 5.74) is 4.33. The van der Waals surface area contributed by atoms with Crippen molar-refractivity contribution in [1.29, 1.82) is 0 Å². The van der Waals surface area contributed by atoms with Crippen LogP contribution in [0.4, 0.5) is 0 Å². The van der Waals surface area contributed by atoms with Crippen LogP contribution in [0, 0.1) is 20.8 Å². The van der Waals surface area contributed by atoms with Gasteiger partial charge in [0.1, 0.15) is 6.54 Å². The molecule has 2 heterocycles. The zero-order chi connectivity index (χ0) is 24.0. The van der Waals surface area contributed by atoms with Crippen LogP contribution in [0.1, 0.15) is 39.8 Å². The van der Waals surface area contributed by atoms with Gasteiger partial charge in [-0.2, -0.15) is 0 Å². The average molecular weight is 456 g/mol. The molecule has 0 bridgehead atoms. The van der Waals surface area contributed by atoms with Crippen molar-refractivity contribution in [3.05, 3.63) is 58.4 Å². The largest absolute Gasteiger partial charge is 0.462 e. The van der Waals surface area contributed by atoms with Gasteiger partial charge >= 0.3 is 11.9 Å². The number of amides is 1. The lowest BCUT2D eigenvalue weighted by Gasteiger charge is -2.34. The van der Waals surface area contributed by atoms with Gasteiger partial charge in [-0.3, -0.25) is 14.5 Å². The smallest absolute Gasteiger partial charge is 0.339 e. The van der Waals surface area contributed by atoms with E-state index in [1.54, 1.807) is 29.4 Å². The molecule has 1 fully saturated rings. The summed E-state index contributed by atoms with van der Waals surface area (Å²) in [4.78, 5) is 41.0. The molecule has 0 N–H and O–H groups in total. The molecule has 2 aromatic rings. The quantitative estimate of drug-likeness (QED) is 0.569. The summed E-state index contributed by atoms with van der Waals surface area (Å²) < 4.78 is 12.0. The topological polar surface area (TPSA) is 81.1 Å². The van der Waals surface area contributed by atoms with E-state index in [-0.39, 0.29) is 25.7 Å². The number of hydrogen-bond acceptors (Lipinski definition) is 6. The van der Waals surface area contributed by atoms with Gasteiger partial charge in [0.2, 0.25) is 0 Å². The number of piperazine rings is 1. The van der Waals surface area contributed by atoms with Crippen molar-refractivity contribution in [2.45, 2.75) is 40.8 Å². The Kier molecular flexibility index (Phi) is 8.27. The second kappa shape index (κ2) is 11.1. The molecule has 0 saturated carbocycles. The molecule has 0 atom stereocenters. The highest BCUT2D eigenvalue weighted by molar-refractivity contribution is 5.91. The number of benzene rings is 1. The van der Waals surface area contributed by atoms with E-state index in [9.17, 15) is 14.4 Å². The molecule has 1 aromatic heterocycles. The van der Waals surface area contributed by atoms with Crippen LogP contribution in [0.2, 0.25) is 0 Å². The van der Waals surface area contributed by atoms with Gasteiger partial charge in [0, 0.05) is 44.1 Å². The second-order valence-electron chi connectivity index (χ2n) is 8.40. The standard InChI is InChI=1S/C25H33N3O5/c1-5-32-25(31)22-14-19(3)28(20(22)4)16-24(30)33-17-23(29)27-11-9-26(10-12-27)15-21-8-6-7-18(2)13-21/h6-8,13-14H,5,9-12,15-17H2,1-4H3. The van der Waals surface area contributed by atoms with Crippen molar-refractivity contribution in [1.82, 2.24) is 14.4 Å². The lowest BCUT2D eigenvalue weighted by atomic mass is 10.1. The first-order valence-electron chi connectivity index (χ1n) is 11.3. The van der Waals surface area contributed by atoms with Crippen LogP contribution in [0.25, 0.3) is 0 Å². The fraction of sp³-hybridized carbons (Fsp3) is 0.480. The summed E-state index contributed by atoms with van der Waals surface area (Å²) in [5, 5.41) is 0. The van der Waals surface area contributed by atoms with Crippen molar-refractivity contribution in [2.75, 3.05) is 39.4 Å². The van der Waals surface area contributed by atoms with Gasteiger partial charge in [-0.25, -0.2) is 4.79 Å². The van der Waals surface area contributed by atoms with E-state index in [0.717, 1.165) is 25.3 Å². The highest BCUT2D eigenvalue weighted by Gasteiger charge is 2.23. The van der Waals surface area contributed by atoms with Crippen LogP contribution in [0.15, 0.2) is 30.3 Å². The Bertz CT molecular complexity index is 1010. The fourth-order valence-electron chi connectivity index (χ4n) is 4.09. The number of nitrogens with zero attached hydrogens (tertiary/aromatic N) is 3. The molecular formula is C25H33N3O5. The van der Waals surface area contributed by atoms with Crippen LogP contribution >= 0.6 is 0 Å². The van der Waals surface area contributed by atoms with E-state index in [4.69, 9.17) is 9.47 Å². The third kappa shape index (κ3) is 6.44. The van der Waals surface area contributed by atoms with E-state index in [0.29, 0.717) is 24.3 Å². The number of aromatic nitrogens is 1. The van der Waals surface area contributed by atoms with Gasteiger partial charge in [0.15, 0.2) is 6.61 Å². The maximum atomic E-state index is 12.5. The number of ether oxygens (including phenoxy) is 2. The Balaban J connectivity index is 1.45. The molecule has 178 valence electrons. The van der Waals surface area contributed by atoms with Crippen molar-refractivity contribution in [3.8, 4) is 0 Å². The van der Waals surface area contributed by atoms with E-state index in [2.05, 4.69) is 36.1 Å². The zero-order valence-corrected chi connectivity index (χ0v) is 19.9. The van der Waals surface area contributed by atoms with Crippen molar-refractivity contribution < 1.29 is 23.9 Å². The van der Waals surface area contributed by atoms with E-state index in [1.165, 1.54) is 11.1 Å². The summed E-state index contributed by atoms with van der Waals surface area (Å²) in [6, 6.07) is 10.1. The molecule has 0 radical (unpaired) electrons. The van der Waals surface area contributed by atoms with Crippen molar-refractivity contribution in [3.63, 3.8) is 0 Å². The molecule has 8 nitrogen and oxygen atoms in total. The third-order valence-electron chi connectivity index (χ3n) is 5.93. The highest BCUT2D eigenvalue weighted by atomic mass is 16.5. The van der Waals surface area contributed by atoms with E-state index in [1.807, 2.05) is 6.92 Å². The maximum absolute atomic E-state index is 12.5. The van der Waals surface area contributed by atoms with Gasteiger partial charge < -0.3 is 18.9 Å². The molecule has 0 unspecified atom stereocenters. The Morgan fingerprint density at radius 3 is 2.36 bits per heavy atom. The van der Waals surface area contributed by atoms with E-state index >= 15 is 0 Å². The van der Waals surface area contributed by atoms with Gasteiger partial charge in [-0.05, 0) is 39.3 Å². The number of aryl methyl sites for hydroxylation is 2. The van der Waals surface area contributed by atoms with Crippen molar-refractivity contribution >= 4 is 17.8 Å². The Hall–Kier alpha value is -3.13. The summed E-state index contributed by atoms with van der Waals surface area (Å²) in [6.45, 7) is 11.0. The fourth-order valence-corrected chi connectivity index (χ4v) is 4.09. The van der Waals surface area contributed by atoms with Crippen LogP contribution in [-0.2, 0) is 32.2 Å². The minimum absolute atomic E-state index is 0.0609. The number of carbonyl (C=O) groups excluding carboxylic acids is 3. The summed E-state index contributed by atoms with van der Waals surface area (Å²) in [6.07, 6.45) is 0. The molecule has 1 aromatic carbocycles. The average Bonchev–Trinajstić information content (AvgIpc) is 3.06. The number of hydrogen-bond donors (Lipinski definition) is 0. The summed E-state index contributed by atoms with van der Waals surface area (Å²) in [7, 11) is 0. The molecule has 0 aliphatic carbocycles. The van der Waals surface area contributed by atoms with E-state index < -0.39 is 11.9 Å². The second-order valence-corrected chi connectivity index (χ2v) is 8.40. The maximum Gasteiger partial charge on any atom is 0.339 e. The lowest BCUT2D eigenvalue weighted by Crippen LogP contribution is -2.49. The van der Waals surface area contributed by atoms with Crippen LogP contribution < -0.4 is 0 Å². The molecule has 1 aliphatic rings. The first kappa shape index (κ1) is 24.5. The summed E-state index contributed by atoms with van der Waals surface area (Å²) >= 11 is 0. The van der Waals surface area contributed by atoms with Gasteiger partial charge in [-0.15, -0.1) is 0 Å². The van der Waals surface area contributed by atoms with Gasteiger partial charge in [0.05, 0.1) is 12.2 Å². The number of carbonyl (C=O) groups is 3. The molecular weight excluding hydrogens is 422 g/mol. The Labute approximate surface area is 195 Å². The van der Waals surface area contributed by atoms with Crippen LogP contribution in [0.3, 0.4) is 0 Å². The van der Waals surface area contributed by atoms with Gasteiger partial charge in [-0.1, -0.05) is 29.8 Å². The number of rotatable bonds is 8. The highest BCUT2D eigenvalue weighted by Crippen LogP contribution is 2.16. The van der Waals surface area contributed by atoms with Gasteiger partial charge in [0.25, 0.3) is 5.91 Å². The van der Waals surface area contributed by atoms with Crippen molar-refractivity contribution in [2.24, 2.45) is 0 Å².